The topological polar surface area (TPSA) is 18.5 Å². The normalized spacial score (nSPS) is 25.1. The monoisotopic (exact) mass is 152 g/mol. The first-order chi connectivity index (χ1) is 3.89. The Kier molecular flexibility index (Phi) is 3.04. The van der Waals surface area contributed by atoms with Gasteiger partial charge >= 0.3 is 0 Å². The van der Waals surface area contributed by atoms with Gasteiger partial charge in [0.15, 0.2) is 0 Å². The quantitative estimate of drug-likeness (QED) is 0.491. The number of hydrogen-bond acceptors (Lipinski definition) is 4. The minimum absolute atomic E-state index is 0.414. The third kappa shape index (κ3) is 2.26. The van der Waals surface area contributed by atoms with Crippen LogP contribution in [0.5, 0.6) is 0 Å². The zero-order valence-corrected chi connectivity index (χ0v) is 6.26. The highest BCUT2D eigenvalue weighted by Gasteiger charge is 2.08. The van der Waals surface area contributed by atoms with Gasteiger partial charge in [-0.3, -0.25) is 0 Å². The lowest BCUT2D eigenvalue weighted by molar-refractivity contribution is 0.273. The molecule has 4 heteroatoms. The van der Waals surface area contributed by atoms with Gasteiger partial charge in [0.1, 0.15) is 0 Å². The van der Waals surface area contributed by atoms with Crippen molar-refractivity contribution in [1.82, 2.24) is 0 Å². The average Bonchev–Trinajstić information content (AvgIpc) is 1.94. The van der Waals surface area contributed by atoms with Gasteiger partial charge < -0.3 is 8.37 Å². The van der Waals surface area contributed by atoms with Crippen molar-refractivity contribution < 1.29 is 8.37 Å². The van der Waals surface area contributed by atoms with Crippen LogP contribution in [-0.2, 0) is 8.37 Å². The summed E-state index contributed by atoms with van der Waals surface area (Å²) in [6, 6.07) is 0. The van der Waals surface area contributed by atoms with E-state index in [0.29, 0.717) is 17.8 Å². The molecular weight excluding hydrogens is 144 g/mol. The van der Waals surface area contributed by atoms with Crippen LogP contribution in [0.2, 0.25) is 0 Å². The molecule has 0 aromatic heterocycles. The van der Waals surface area contributed by atoms with Gasteiger partial charge in [0.05, 0.1) is 17.8 Å². The first-order valence-electron chi connectivity index (χ1n) is 2.46. The summed E-state index contributed by atoms with van der Waals surface area (Å²) in [6.07, 6.45) is 0. The van der Waals surface area contributed by atoms with E-state index in [9.17, 15) is 0 Å². The third-order valence-electron chi connectivity index (χ3n) is 0.657. The van der Waals surface area contributed by atoms with E-state index in [1.54, 1.807) is 0 Å². The van der Waals surface area contributed by atoms with Crippen molar-refractivity contribution in [3.05, 3.63) is 0 Å². The van der Waals surface area contributed by atoms with Crippen LogP contribution in [0.1, 0.15) is 6.92 Å². The molecule has 0 unspecified atom stereocenters. The SMILES string of the molecule is CC1SOCCOS1. The molecule has 0 N–H and O–H groups in total. The largest absolute Gasteiger partial charge is 0.312 e. The van der Waals surface area contributed by atoms with Gasteiger partial charge in [-0.2, -0.15) is 0 Å². The Morgan fingerprint density at radius 1 is 1.25 bits per heavy atom. The molecule has 2 nitrogen and oxygen atoms in total. The zero-order chi connectivity index (χ0) is 5.82. The molecule has 0 radical (unpaired) electrons. The van der Waals surface area contributed by atoms with Crippen molar-refractivity contribution in [3.8, 4) is 0 Å². The van der Waals surface area contributed by atoms with Crippen molar-refractivity contribution in [1.29, 1.82) is 0 Å². The second-order valence-corrected chi connectivity index (χ2v) is 3.97. The second kappa shape index (κ2) is 3.61. The Morgan fingerprint density at radius 2 is 1.75 bits per heavy atom. The van der Waals surface area contributed by atoms with Crippen LogP contribution in [0.4, 0.5) is 0 Å². The van der Waals surface area contributed by atoms with Gasteiger partial charge in [-0.25, -0.2) is 0 Å². The summed E-state index contributed by atoms with van der Waals surface area (Å²) in [6.45, 7) is 3.48. The molecule has 0 saturated carbocycles. The minimum atomic E-state index is 0.414. The van der Waals surface area contributed by atoms with Crippen LogP contribution >= 0.6 is 24.1 Å². The Labute approximate surface area is 57.7 Å². The van der Waals surface area contributed by atoms with Crippen LogP contribution < -0.4 is 0 Å². The molecule has 1 aliphatic rings. The maximum Gasteiger partial charge on any atom is 0.0999 e. The summed E-state index contributed by atoms with van der Waals surface area (Å²) in [5.74, 6) is 0. The van der Waals surface area contributed by atoms with Crippen LogP contribution in [-0.4, -0.2) is 17.8 Å². The summed E-state index contributed by atoms with van der Waals surface area (Å²) in [5, 5.41) is 0. The lowest BCUT2D eigenvalue weighted by Crippen LogP contribution is -1.90. The molecule has 1 rings (SSSR count). The highest BCUT2D eigenvalue weighted by Crippen LogP contribution is 2.26. The predicted octanol–water partition coefficient (Wildman–Crippen LogP) is 1.68. The highest BCUT2D eigenvalue weighted by atomic mass is 32.2. The van der Waals surface area contributed by atoms with E-state index in [2.05, 4.69) is 6.92 Å². The van der Waals surface area contributed by atoms with Gasteiger partial charge in [-0.1, -0.05) is 0 Å². The molecule has 1 fully saturated rings. The molecule has 0 aliphatic carbocycles. The van der Waals surface area contributed by atoms with Crippen molar-refractivity contribution in [2.45, 2.75) is 11.5 Å². The van der Waals surface area contributed by atoms with Crippen LogP contribution in [0.15, 0.2) is 0 Å². The molecule has 0 aromatic rings. The zero-order valence-electron chi connectivity index (χ0n) is 4.62. The van der Waals surface area contributed by atoms with E-state index in [-0.39, 0.29) is 0 Å². The van der Waals surface area contributed by atoms with Crippen molar-refractivity contribution >= 4 is 24.1 Å². The molecule has 0 aromatic carbocycles. The molecular formula is C4H8O2S2. The first kappa shape index (κ1) is 6.74. The molecule has 0 atom stereocenters. The maximum atomic E-state index is 5.08. The first-order valence-corrected chi connectivity index (χ1v) is 4.07. The van der Waals surface area contributed by atoms with Gasteiger partial charge in [0.2, 0.25) is 0 Å². The van der Waals surface area contributed by atoms with E-state index >= 15 is 0 Å². The minimum Gasteiger partial charge on any atom is -0.312 e. The molecule has 1 aliphatic heterocycles. The molecule has 0 spiro atoms. The van der Waals surface area contributed by atoms with E-state index in [0.717, 1.165) is 0 Å². The predicted molar refractivity (Wildman–Crippen MR) is 36.5 cm³/mol. The Bertz CT molecular complexity index is 61.1. The van der Waals surface area contributed by atoms with Gasteiger partial charge in [-0.15, -0.1) is 0 Å². The van der Waals surface area contributed by atoms with Crippen molar-refractivity contribution in [3.63, 3.8) is 0 Å². The molecule has 0 bridgehead atoms. The van der Waals surface area contributed by atoms with Crippen molar-refractivity contribution in [2.24, 2.45) is 0 Å². The maximum absolute atomic E-state index is 5.08. The Balaban J connectivity index is 2.17. The molecule has 0 amide bonds. The lowest BCUT2D eigenvalue weighted by Gasteiger charge is -1.99. The molecule has 48 valence electrons. The fourth-order valence-electron chi connectivity index (χ4n) is 0.372. The van der Waals surface area contributed by atoms with E-state index in [1.165, 1.54) is 24.1 Å². The Morgan fingerprint density at radius 3 is 2.25 bits per heavy atom. The van der Waals surface area contributed by atoms with E-state index in [1.807, 2.05) is 0 Å². The number of hydrogen-bond donors (Lipinski definition) is 0. The standard InChI is InChI=1S/C4H8O2S2/c1-4-7-5-2-3-6-8-4/h4H,2-3H2,1H3. The van der Waals surface area contributed by atoms with E-state index in [4.69, 9.17) is 8.37 Å². The molecule has 1 saturated heterocycles. The molecule has 8 heavy (non-hydrogen) atoms. The van der Waals surface area contributed by atoms with Crippen LogP contribution in [0, 0.1) is 0 Å². The summed E-state index contributed by atoms with van der Waals surface area (Å²) in [4.78, 5) is 0. The molecule has 1 heterocycles. The summed E-state index contributed by atoms with van der Waals surface area (Å²) < 4.78 is 10.6. The lowest BCUT2D eigenvalue weighted by atomic mass is 10.8. The van der Waals surface area contributed by atoms with E-state index < -0.39 is 0 Å². The summed E-state index contributed by atoms with van der Waals surface area (Å²) >= 11 is 2.95. The van der Waals surface area contributed by atoms with Crippen LogP contribution in [0.3, 0.4) is 0 Å². The Hall–Kier alpha value is 0.620. The smallest absolute Gasteiger partial charge is 0.0999 e. The second-order valence-electron chi connectivity index (χ2n) is 1.40. The fraction of sp³-hybridized carbons (Fsp3) is 1.00. The van der Waals surface area contributed by atoms with Crippen molar-refractivity contribution in [2.75, 3.05) is 13.2 Å². The average molecular weight is 152 g/mol. The summed E-state index contributed by atoms with van der Waals surface area (Å²) in [7, 11) is 0. The van der Waals surface area contributed by atoms with Gasteiger partial charge in [-0.05, 0) is 6.92 Å². The third-order valence-corrected chi connectivity index (χ3v) is 2.28. The summed E-state index contributed by atoms with van der Waals surface area (Å²) in [5.41, 5.74) is 0. The number of rotatable bonds is 0. The van der Waals surface area contributed by atoms with Gasteiger partial charge in [0, 0.05) is 24.1 Å². The fourth-order valence-corrected chi connectivity index (χ4v) is 1.55. The van der Waals surface area contributed by atoms with Crippen LogP contribution in [0.25, 0.3) is 0 Å². The van der Waals surface area contributed by atoms with Gasteiger partial charge in [0.25, 0.3) is 0 Å². The highest BCUT2D eigenvalue weighted by molar-refractivity contribution is 8.12.